The minimum absolute atomic E-state index is 0.252. The van der Waals surface area contributed by atoms with Crippen LogP contribution in [0.2, 0.25) is 5.02 Å². The minimum Gasteiger partial charge on any atom is -0.330 e. The van der Waals surface area contributed by atoms with Crippen LogP contribution in [0, 0.1) is 5.92 Å². The molecule has 1 heterocycles. The third-order valence-corrected chi connectivity index (χ3v) is 6.16. The maximum atomic E-state index is 12.6. The number of hydrogen-bond acceptors (Lipinski definition) is 3. The first-order valence-corrected chi connectivity index (χ1v) is 8.87. The first-order chi connectivity index (χ1) is 9.95. The summed E-state index contributed by atoms with van der Waals surface area (Å²) in [5.74, 6) is 0.252. The highest BCUT2D eigenvalue weighted by molar-refractivity contribution is 7.86. The molecule has 21 heavy (non-hydrogen) atoms. The molecule has 5 nitrogen and oxygen atoms in total. The SMILES string of the molecule is CN(Cc1ccccc1Cl)S(=O)(=O)N1CCCC(CN)C1. The Balaban J connectivity index is 2.10. The smallest absolute Gasteiger partial charge is 0.282 e. The zero-order chi connectivity index (χ0) is 15.5. The molecule has 1 aromatic carbocycles. The molecule has 2 rings (SSSR count). The first-order valence-electron chi connectivity index (χ1n) is 7.10. The van der Waals surface area contributed by atoms with Gasteiger partial charge in [0.25, 0.3) is 10.2 Å². The lowest BCUT2D eigenvalue weighted by Gasteiger charge is -2.34. The standard InChI is InChI=1S/C14H22ClN3O2S/c1-17(11-13-6-2-3-7-14(13)15)21(19,20)18-8-4-5-12(9-16)10-18/h2-3,6-7,12H,4-5,8-11,16H2,1H3. The van der Waals surface area contributed by atoms with Crippen LogP contribution < -0.4 is 5.73 Å². The van der Waals surface area contributed by atoms with Crippen LogP contribution in [0.3, 0.4) is 0 Å². The molecule has 1 fully saturated rings. The van der Waals surface area contributed by atoms with Crippen molar-refractivity contribution in [1.82, 2.24) is 8.61 Å². The topological polar surface area (TPSA) is 66.6 Å². The van der Waals surface area contributed by atoms with E-state index in [0.29, 0.717) is 24.7 Å². The highest BCUT2D eigenvalue weighted by Gasteiger charge is 2.31. The minimum atomic E-state index is -3.47. The van der Waals surface area contributed by atoms with Gasteiger partial charge in [-0.05, 0) is 36.9 Å². The maximum absolute atomic E-state index is 12.6. The summed E-state index contributed by atoms with van der Waals surface area (Å²) in [5.41, 5.74) is 6.48. The lowest BCUT2D eigenvalue weighted by molar-refractivity contribution is 0.255. The molecule has 1 aromatic rings. The number of nitrogens with two attached hydrogens (primary N) is 1. The van der Waals surface area contributed by atoms with Crippen molar-refractivity contribution in [3.05, 3.63) is 34.9 Å². The summed E-state index contributed by atoms with van der Waals surface area (Å²) in [6.45, 7) is 1.86. The van der Waals surface area contributed by atoms with Gasteiger partial charge in [0.15, 0.2) is 0 Å². The highest BCUT2D eigenvalue weighted by Crippen LogP contribution is 2.22. The van der Waals surface area contributed by atoms with Gasteiger partial charge in [-0.25, -0.2) is 0 Å². The van der Waals surface area contributed by atoms with Gasteiger partial charge in [-0.1, -0.05) is 29.8 Å². The van der Waals surface area contributed by atoms with E-state index in [1.54, 1.807) is 13.1 Å². The highest BCUT2D eigenvalue weighted by atomic mass is 35.5. The Bertz CT molecular complexity index is 579. The molecule has 0 amide bonds. The molecular formula is C14H22ClN3O2S. The molecule has 1 atom stereocenters. The largest absolute Gasteiger partial charge is 0.330 e. The molecule has 7 heteroatoms. The van der Waals surface area contributed by atoms with E-state index >= 15 is 0 Å². The Morgan fingerprint density at radius 2 is 2.14 bits per heavy atom. The van der Waals surface area contributed by atoms with Crippen LogP contribution >= 0.6 is 11.6 Å². The van der Waals surface area contributed by atoms with Crippen molar-refractivity contribution < 1.29 is 8.42 Å². The number of halogens is 1. The molecule has 0 bridgehead atoms. The van der Waals surface area contributed by atoms with Crippen LogP contribution in [0.4, 0.5) is 0 Å². The number of rotatable bonds is 5. The third-order valence-electron chi connectivity index (χ3n) is 3.89. The van der Waals surface area contributed by atoms with E-state index in [9.17, 15) is 8.42 Å². The number of nitrogens with zero attached hydrogens (tertiary/aromatic N) is 2. The fourth-order valence-corrected chi connectivity index (χ4v) is 4.22. The van der Waals surface area contributed by atoms with E-state index in [0.717, 1.165) is 18.4 Å². The molecule has 0 aromatic heterocycles. The molecule has 0 spiro atoms. The van der Waals surface area contributed by atoms with Gasteiger partial charge in [-0.3, -0.25) is 0 Å². The van der Waals surface area contributed by atoms with Gasteiger partial charge < -0.3 is 5.73 Å². The van der Waals surface area contributed by atoms with E-state index in [2.05, 4.69) is 0 Å². The molecule has 0 radical (unpaired) electrons. The van der Waals surface area contributed by atoms with Gasteiger partial charge in [-0.15, -0.1) is 0 Å². The molecule has 1 saturated heterocycles. The van der Waals surface area contributed by atoms with Crippen LogP contribution in [-0.2, 0) is 16.8 Å². The number of benzene rings is 1. The van der Waals surface area contributed by atoms with Crippen LogP contribution in [0.1, 0.15) is 18.4 Å². The summed E-state index contributed by atoms with van der Waals surface area (Å²) < 4.78 is 28.1. The van der Waals surface area contributed by atoms with Crippen molar-refractivity contribution in [2.45, 2.75) is 19.4 Å². The second-order valence-electron chi connectivity index (χ2n) is 5.46. The van der Waals surface area contributed by atoms with Crippen molar-refractivity contribution in [2.24, 2.45) is 11.7 Å². The van der Waals surface area contributed by atoms with Crippen LogP contribution in [0.5, 0.6) is 0 Å². The third kappa shape index (κ3) is 3.96. The predicted octanol–water partition coefficient (Wildman–Crippen LogP) is 1.69. The number of hydrogen-bond donors (Lipinski definition) is 1. The summed E-state index contributed by atoms with van der Waals surface area (Å²) >= 11 is 6.10. The van der Waals surface area contributed by atoms with Crippen LogP contribution in [0.15, 0.2) is 24.3 Å². The molecule has 0 saturated carbocycles. The molecule has 1 aliphatic heterocycles. The van der Waals surface area contributed by atoms with Gasteiger partial charge in [0, 0.05) is 31.7 Å². The van der Waals surface area contributed by atoms with Crippen LogP contribution in [-0.4, -0.2) is 43.7 Å². The predicted molar refractivity (Wildman–Crippen MR) is 85.2 cm³/mol. The average Bonchev–Trinajstić information content (AvgIpc) is 2.49. The zero-order valence-electron chi connectivity index (χ0n) is 12.2. The lowest BCUT2D eigenvalue weighted by atomic mass is 10.0. The van der Waals surface area contributed by atoms with E-state index in [1.165, 1.54) is 8.61 Å². The van der Waals surface area contributed by atoms with Crippen LogP contribution in [0.25, 0.3) is 0 Å². The molecular weight excluding hydrogens is 310 g/mol. The van der Waals surface area contributed by atoms with E-state index in [1.807, 2.05) is 18.2 Å². The van der Waals surface area contributed by atoms with E-state index < -0.39 is 10.2 Å². The fourth-order valence-electron chi connectivity index (χ4n) is 2.57. The monoisotopic (exact) mass is 331 g/mol. The Kier molecular flexibility index (Phi) is 5.62. The van der Waals surface area contributed by atoms with Gasteiger partial charge in [0.05, 0.1) is 0 Å². The van der Waals surface area contributed by atoms with Gasteiger partial charge >= 0.3 is 0 Å². The second-order valence-corrected chi connectivity index (χ2v) is 7.90. The van der Waals surface area contributed by atoms with Crippen molar-refractivity contribution in [1.29, 1.82) is 0 Å². The van der Waals surface area contributed by atoms with Gasteiger partial charge in [0.2, 0.25) is 0 Å². The number of piperidine rings is 1. The second kappa shape index (κ2) is 7.07. The molecule has 1 unspecified atom stereocenters. The first kappa shape index (κ1) is 16.7. The molecule has 118 valence electrons. The Labute approximate surface area is 131 Å². The van der Waals surface area contributed by atoms with Crippen molar-refractivity contribution in [2.75, 3.05) is 26.7 Å². The summed E-state index contributed by atoms with van der Waals surface area (Å²) in [7, 11) is -1.88. The van der Waals surface area contributed by atoms with Crippen molar-refractivity contribution >= 4 is 21.8 Å². The normalized spacial score (nSPS) is 20.9. The molecule has 1 aliphatic rings. The molecule has 2 N–H and O–H groups in total. The maximum Gasteiger partial charge on any atom is 0.282 e. The molecule has 0 aliphatic carbocycles. The Morgan fingerprint density at radius 1 is 1.43 bits per heavy atom. The average molecular weight is 332 g/mol. The fraction of sp³-hybridized carbons (Fsp3) is 0.571. The van der Waals surface area contributed by atoms with E-state index in [-0.39, 0.29) is 12.5 Å². The quantitative estimate of drug-likeness (QED) is 0.892. The van der Waals surface area contributed by atoms with E-state index in [4.69, 9.17) is 17.3 Å². The Hall–Kier alpha value is -0.660. The van der Waals surface area contributed by atoms with Gasteiger partial charge in [0.1, 0.15) is 0 Å². The summed E-state index contributed by atoms with van der Waals surface area (Å²) in [5, 5.41) is 0.582. The summed E-state index contributed by atoms with van der Waals surface area (Å²) in [4.78, 5) is 0. The van der Waals surface area contributed by atoms with Gasteiger partial charge in [-0.2, -0.15) is 17.0 Å². The Morgan fingerprint density at radius 3 is 2.81 bits per heavy atom. The zero-order valence-corrected chi connectivity index (χ0v) is 13.8. The van der Waals surface area contributed by atoms with Crippen molar-refractivity contribution in [3.63, 3.8) is 0 Å². The summed E-state index contributed by atoms with van der Waals surface area (Å²) in [6.07, 6.45) is 1.86. The van der Waals surface area contributed by atoms with Crippen molar-refractivity contribution in [3.8, 4) is 0 Å². The lowest BCUT2D eigenvalue weighted by Crippen LogP contribution is -2.47. The summed E-state index contributed by atoms with van der Waals surface area (Å²) in [6, 6.07) is 7.29.